The first kappa shape index (κ1) is 14.7. The van der Waals surface area contributed by atoms with Gasteiger partial charge in [-0.05, 0) is 102 Å². The molecule has 4 saturated carbocycles. The van der Waals surface area contributed by atoms with Crippen molar-refractivity contribution < 1.29 is 0 Å². The lowest BCUT2D eigenvalue weighted by Gasteiger charge is -2.57. The number of hydrogen-bond acceptors (Lipinski definition) is 2. The van der Waals surface area contributed by atoms with Crippen molar-refractivity contribution in [2.75, 3.05) is 6.54 Å². The van der Waals surface area contributed by atoms with Crippen LogP contribution in [-0.4, -0.2) is 6.54 Å². The first-order valence-corrected chi connectivity index (χ1v) is 10.3. The molecule has 5 rings (SSSR count). The second-order valence-electron chi connectivity index (χ2n) is 7.86. The second-order valence-corrected chi connectivity index (χ2v) is 9.67. The molecule has 1 aromatic rings. The molecule has 1 aromatic heterocycles. The van der Waals surface area contributed by atoms with Gasteiger partial charge in [-0.15, -0.1) is 11.3 Å². The number of halogens is 1. The van der Waals surface area contributed by atoms with Crippen LogP contribution in [0.2, 0.25) is 0 Å². The van der Waals surface area contributed by atoms with E-state index in [1.807, 2.05) is 11.3 Å². The van der Waals surface area contributed by atoms with E-state index in [0.29, 0.717) is 11.5 Å². The quantitative estimate of drug-likeness (QED) is 0.696. The van der Waals surface area contributed by atoms with Gasteiger partial charge in [0.2, 0.25) is 0 Å². The van der Waals surface area contributed by atoms with Crippen LogP contribution in [0, 0.1) is 23.2 Å². The molecular formula is C18H26BrNS. The topological polar surface area (TPSA) is 12.0 Å². The van der Waals surface area contributed by atoms with Crippen LogP contribution in [0.3, 0.4) is 0 Å². The Morgan fingerprint density at radius 1 is 1.24 bits per heavy atom. The Morgan fingerprint density at radius 3 is 2.33 bits per heavy atom. The molecule has 4 aliphatic carbocycles. The molecule has 0 amide bonds. The molecule has 4 bridgehead atoms. The van der Waals surface area contributed by atoms with Gasteiger partial charge in [0.1, 0.15) is 0 Å². The van der Waals surface area contributed by atoms with Gasteiger partial charge in [-0.2, -0.15) is 0 Å². The first-order valence-electron chi connectivity index (χ1n) is 8.64. The standard InChI is InChI=1S/C18H26BrNS/c1-2-20-16(17-15(19)3-4-21-17)11-18-8-12-5-13(9-18)7-14(6-12)10-18/h3-4,12-14,16,20H,2,5-11H2,1H3. The number of thiophene rings is 1. The van der Waals surface area contributed by atoms with Crippen molar-refractivity contribution in [2.45, 2.75) is 57.9 Å². The van der Waals surface area contributed by atoms with Crippen molar-refractivity contribution in [1.82, 2.24) is 5.32 Å². The Bertz CT molecular complexity index is 474. The Labute approximate surface area is 141 Å². The zero-order valence-corrected chi connectivity index (χ0v) is 15.3. The zero-order valence-electron chi connectivity index (χ0n) is 12.9. The maximum atomic E-state index is 3.78. The van der Waals surface area contributed by atoms with Crippen LogP contribution in [0.4, 0.5) is 0 Å². The molecular weight excluding hydrogens is 342 g/mol. The molecule has 3 heteroatoms. The summed E-state index contributed by atoms with van der Waals surface area (Å²) < 4.78 is 1.31. The normalized spacial score (nSPS) is 38.9. The molecule has 0 aliphatic heterocycles. The molecule has 116 valence electrons. The number of nitrogens with one attached hydrogen (secondary N) is 1. The average Bonchev–Trinajstić information content (AvgIpc) is 2.82. The smallest absolute Gasteiger partial charge is 0.0431 e. The van der Waals surface area contributed by atoms with Gasteiger partial charge in [0.05, 0.1) is 0 Å². The molecule has 4 aliphatic rings. The largest absolute Gasteiger partial charge is 0.309 e. The highest BCUT2D eigenvalue weighted by molar-refractivity contribution is 9.10. The van der Waals surface area contributed by atoms with E-state index < -0.39 is 0 Å². The van der Waals surface area contributed by atoms with Gasteiger partial charge in [0, 0.05) is 15.4 Å². The summed E-state index contributed by atoms with van der Waals surface area (Å²) in [6.45, 7) is 3.32. The van der Waals surface area contributed by atoms with Gasteiger partial charge in [-0.1, -0.05) is 6.92 Å². The third-order valence-corrected chi connectivity index (χ3v) is 8.20. The van der Waals surface area contributed by atoms with Gasteiger partial charge in [0.25, 0.3) is 0 Å². The van der Waals surface area contributed by atoms with Gasteiger partial charge in [-0.25, -0.2) is 0 Å². The lowest BCUT2D eigenvalue weighted by Crippen LogP contribution is -2.47. The van der Waals surface area contributed by atoms with Crippen LogP contribution in [-0.2, 0) is 0 Å². The number of hydrogen-bond donors (Lipinski definition) is 1. The summed E-state index contributed by atoms with van der Waals surface area (Å²) >= 11 is 5.67. The molecule has 1 unspecified atom stereocenters. The van der Waals surface area contributed by atoms with Crippen molar-refractivity contribution >= 4 is 27.3 Å². The molecule has 1 nitrogen and oxygen atoms in total. The van der Waals surface area contributed by atoms with Crippen LogP contribution >= 0.6 is 27.3 Å². The van der Waals surface area contributed by atoms with Crippen LogP contribution in [0.25, 0.3) is 0 Å². The van der Waals surface area contributed by atoms with Crippen molar-refractivity contribution in [3.63, 3.8) is 0 Å². The summed E-state index contributed by atoms with van der Waals surface area (Å²) in [4.78, 5) is 1.52. The summed E-state index contributed by atoms with van der Waals surface area (Å²) in [6, 6.07) is 2.77. The van der Waals surface area contributed by atoms with Crippen LogP contribution in [0.1, 0.15) is 62.8 Å². The summed E-state index contributed by atoms with van der Waals surface area (Å²) in [5.74, 6) is 3.18. The minimum atomic E-state index is 0.556. The lowest BCUT2D eigenvalue weighted by molar-refractivity contribution is -0.0620. The monoisotopic (exact) mass is 367 g/mol. The zero-order chi connectivity index (χ0) is 14.4. The molecule has 1 heterocycles. The van der Waals surface area contributed by atoms with Crippen LogP contribution < -0.4 is 5.32 Å². The molecule has 4 fully saturated rings. The fourth-order valence-corrected chi connectivity index (χ4v) is 7.76. The third-order valence-electron chi connectivity index (χ3n) is 6.21. The summed E-state index contributed by atoms with van der Waals surface area (Å²) in [5, 5.41) is 6.01. The maximum absolute atomic E-state index is 3.78. The SMILES string of the molecule is CCNC(CC12CC3CC(CC(C3)C1)C2)c1sccc1Br. The average molecular weight is 368 g/mol. The fraction of sp³-hybridized carbons (Fsp3) is 0.778. The van der Waals surface area contributed by atoms with E-state index in [-0.39, 0.29) is 0 Å². The first-order chi connectivity index (χ1) is 10.2. The molecule has 0 spiro atoms. The molecule has 1 N–H and O–H groups in total. The molecule has 1 atom stereocenters. The third kappa shape index (κ3) is 2.74. The predicted molar refractivity (Wildman–Crippen MR) is 93.7 cm³/mol. The van der Waals surface area contributed by atoms with E-state index in [1.54, 1.807) is 19.3 Å². The highest BCUT2D eigenvalue weighted by Gasteiger charge is 2.51. The summed E-state index contributed by atoms with van der Waals surface area (Å²) in [6.07, 6.45) is 10.6. The van der Waals surface area contributed by atoms with Crippen molar-refractivity contribution in [3.05, 3.63) is 20.8 Å². The molecule has 0 aromatic carbocycles. The van der Waals surface area contributed by atoms with E-state index in [4.69, 9.17) is 0 Å². The van der Waals surface area contributed by atoms with E-state index >= 15 is 0 Å². The Balaban J connectivity index is 1.57. The van der Waals surface area contributed by atoms with Crippen LogP contribution in [0.5, 0.6) is 0 Å². The highest BCUT2D eigenvalue weighted by Crippen LogP contribution is 2.62. The Kier molecular flexibility index (Phi) is 3.96. The maximum Gasteiger partial charge on any atom is 0.0431 e. The van der Waals surface area contributed by atoms with E-state index in [9.17, 15) is 0 Å². The van der Waals surface area contributed by atoms with Gasteiger partial charge in [0.15, 0.2) is 0 Å². The lowest BCUT2D eigenvalue weighted by atomic mass is 9.48. The number of rotatable bonds is 5. The minimum Gasteiger partial charge on any atom is -0.309 e. The highest BCUT2D eigenvalue weighted by atomic mass is 79.9. The summed E-state index contributed by atoms with van der Waals surface area (Å²) in [7, 11) is 0. The predicted octanol–water partition coefficient (Wildman–Crippen LogP) is 5.77. The summed E-state index contributed by atoms with van der Waals surface area (Å²) in [5.41, 5.74) is 0.658. The molecule has 0 saturated heterocycles. The van der Waals surface area contributed by atoms with Gasteiger partial charge in [-0.3, -0.25) is 0 Å². The molecule has 0 radical (unpaired) electrons. The Morgan fingerprint density at radius 2 is 1.86 bits per heavy atom. The van der Waals surface area contributed by atoms with Gasteiger partial charge < -0.3 is 5.32 Å². The second kappa shape index (κ2) is 5.65. The van der Waals surface area contributed by atoms with Crippen LogP contribution in [0.15, 0.2) is 15.9 Å². The van der Waals surface area contributed by atoms with Crippen molar-refractivity contribution in [3.8, 4) is 0 Å². The Hall–Kier alpha value is 0.140. The van der Waals surface area contributed by atoms with Crippen molar-refractivity contribution in [1.29, 1.82) is 0 Å². The van der Waals surface area contributed by atoms with E-state index in [2.05, 4.69) is 39.6 Å². The van der Waals surface area contributed by atoms with Crippen molar-refractivity contribution in [2.24, 2.45) is 23.2 Å². The van der Waals surface area contributed by atoms with Gasteiger partial charge >= 0.3 is 0 Å². The van der Waals surface area contributed by atoms with E-state index in [1.165, 1.54) is 35.0 Å². The minimum absolute atomic E-state index is 0.556. The molecule has 21 heavy (non-hydrogen) atoms. The fourth-order valence-electron chi connectivity index (χ4n) is 6.03. The van der Waals surface area contributed by atoms with E-state index in [0.717, 1.165) is 24.3 Å².